The van der Waals surface area contributed by atoms with Gasteiger partial charge in [0.2, 0.25) is 5.91 Å². The van der Waals surface area contributed by atoms with E-state index in [4.69, 9.17) is 9.15 Å². The number of ether oxygens (including phenoxy) is 1. The van der Waals surface area contributed by atoms with Crippen molar-refractivity contribution >= 4 is 17.5 Å². The van der Waals surface area contributed by atoms with Crippen LogP contribution in [-0.4, -0.2) is 18.9 Å². The second-order valence-electron chi connectivity index (χ2n) is 6.66. The van der Waals surface area contributed by atoms with Crippen LogP contribution in [0.3, 0.4) is 0 Å². The van der Waals surface area contributed by atoms with E-state index in [9.17, 15) is 9.59 Å². The number of aryl methyl sites for hydroxylation is 2. The van der Waals surface area contributed by atoms with Crippen LogP contribution in [0.15, 0.2) is 65.3 Å². The lowest BCUT2D eigenvalue weighted by Crippen LogP contribution is -2.24. The first kappa shape index (κ1) is 20.2. The molecule has 2 amide bonds. The number of para-hydroxylation sites is 1. The number of hydrogen-bond acceptors (Lipinski definition) is 4. The summed E-state index contributed by atoms with van der Waals surface area (Å²) in [6.07, 6.45) is 2.47. The summed E-state index contributed by atoms with van der Waals surface area (Å²) in [6, 6.07) is 16.4. The van der Waals surface area contributed by atoms with Crippen LogP contribution in [0.25, 0.3) is 0 Å². The highest BCUT2D eigenvalue weighted by Gasteiger charge is 2.13. The van der Waals surface area contributed by atoms with Gasteiger partial charge in [-0.25, -0.2) is 0 Å². The van der Waals surface area contributed by atoms with E-state index in [2.05, 4.69) is 10.6 Å². The number of hydrogen-bond donors (Lipinski definition) is 2. The number of carbonyl (C=O) groups is 2. The molecule has 3 aromatic rings. The minimum Gasteiger partial charge on any atom is -0.496 e. The monoisotopic (exact) mass is 392 g/mol. The topological polar surface area (TPSA) is 80.6 Å². The molecule has 0 radical (unpaired) electrons. The van der Waals surface area contributed by atoms with Gasteiger partial charge in [-0.15, -0.1) is 0 Å². The van der Waals surface area contributed by atoms with Gasteiger partial charge in [-0.3, -0.25) is 9.59 Å². The molecule has 0 unspecified atom stereocenters. The molecule has 0 bridgehead atoms. The zero-order valence-electron chi connectivity index (χ0n) is 16.5. The maximum absolute atomic E-state index is 12.5. The second-order valence-corrected chi connectivity index (χ2v) is 6.66. The summed E-state index contributed by atoms with van der Waals surface area (Å²) in [7, 11) is 1.64. The highest BCUT2D eigenvalue weighted by atomic mass is 16.5. The van der Waals surface area contributed by atoms with Crippen molar-refractivity contribution < 1.29 is 18.7 Å². The molecule has 0 aliphatic rings. The van der Waals surface area contributed by atoms with Gasteiger partial charge >= 0.3 is 0 Å². The van der Waals surface area contributed by atoms with Crippen molar-refractivity contribution in [3.05, 3.63) is 83.3 Å². The third kappa shape index (κ3) is 5.48. The fourth-order valence-electron chi connectivity index (χ4n) is 3.03. The Morgan fingerprint density at radius 2 is 1.90 bits per heavy atom. The van der Waals surface area contributed by atoms with Crippen molar-refractivity contribution in [2.45, 2.75) is 26.3 Å². The number of amides is 2. The van der Waals surface area contributed by atoms with E-state index in [0.29, 0.717) is 29.9 Å². The van der Waals surface area contributed by atoms with Gasteiger partial charge < -0.3 is 19.8 Å². The smallest absolute Gasteiger partial charge is 0.253 e. The fraction of sp³-hybridized carbons (Fsp3) is 0.217. The molecule has 0 atom stereocenters. The standard InChI is InChI=1S/C23H24N2O4/c1-16-14-17(9-11-21(16)28-2)10-12-22(26)25-20-8-4-3-7-19(20)23(27)24-15-18-6-5-13-29-18/h3-9,11,13-14H,10,12,15H2,1-2H3,(H,24,27)(H,25,26). The lowest BCUT2D eigenvalue weighted by molar-refractivity contribution is -0.116. The first-order valence-electron chi connectivity index (χ1n) is 9.40. The average Bonchev–Trinajstić information content (AvgIpc) is 3.25. The molecule has 2 N–H and O–H groups in total. The Kier molecular flexibility index (Phi) is 6.68. The van der Waals surface area contributed by atoms with E-state index in [1.165, 1.54) is 0 Å². The van der Waals surface area contributed by atoms with Gasteiger partial charge in [-0.05, 0) is 54.8 Å². The van der Waals surface area contributed by atoms with Crippen LogP contribution in [0.1, 0.15) is 33.7 Å². The third-order valence-electron chi connectivity index (χ3n) is 4.55. The lowest BCUT2D eigenvalue weighted by atomic mass is 10.1. The van der Waals surface area contributed by atoms with Crippen molar-refractivity contribution in [2.24, 2.45) is 0 Å². The molecule has 29 heavy (non-hydrogen) atoms. The van der Waals surface area contributed by atoms with Gasteiger partial charge in [0.1, 0.15) is 11.5 Å². The van der Waals surface area contributed by atoms with E-state index in [1.807, 2.05) is 25.1 Å². The summed E-state index contributed by atoms with van der Waals surface area (Å²) in [5, 5.41) is 5.64. The Balaban J connectivity index is 1.58. The Bertz CT molecular complexity index is 980. The van der Waals surface area contributed by atoms with Gasteiger partial charge in [0.15, 0.2) is 0 Å². The molecule has 0 spiro atoms. The third-order valence-corrected chi connectivity index (χ3v) is 4.55. The van der Waals surface area contributed by atoms with E-state index < -0.39 is 0 Å². The van der Waals surface area contributed by atoms with Crippen molar-refractivity contribution in [1.82, 2.24) is 5.32 Å². The molecule has 150 valence electrons. The van der Waals surface area contributed by atoms with Gasteiger partial charge in [0, 0.05) is 6.42 Å². The molecule has 1 aromatic heterocycles. The number of benzene rings is 2. The zero-order valence-corrected chi connectivity index (χ0v) is 16.5. The number of carbonyl (C=O) groups excluding carboxylic acids is 2. The number of rotatable bonds is 8. The largest absolute Gasteiger partial charge is 0.496 e. The molecule has 0 aliphatic carbocycles. The normalized spacial score (nSPS) is 10.4. The zero-order chi connectivity index (χ0) is 20.6. The van der Waals surface area contributed by atoms with Crippen molar-refractivity contribution in [1.29, 1.82) is 0 Å². The summed E-state index contributed by atoms with van der Waals surface area (Å²) < 4.78 is 10.5. The summed E-state index contributed by atoms with van der Waals surface area (Å²) in [5.41, 5.74) is 2.99. The van der Waals surface area contributed by atoms with Crippen molar-refractivity contribution in [3.8, 4) is 5.75 Å². The summed E-state index contributed by atoms with van der Waals surface area (Å²) in [4.78, 5) is 24.9. The molecule has 0 saturated heterocycles. The van der Waals surface area contributed by atoms with Crippen molar-refractivity contribution in [2.75, 3.05) is 12.4 Å². The molecule has 6 nitrogen and oxygen atoms in total. The van der Waals surface area contributed by atoms with Crippen LogP contribution in [0.4, 0.5) is 5.69 Å². The lowest BCUT2D eigenvalue weighted by Gasteiger charge is -2.11. The second kappa shape index (κ2) is 9.59. The van der Waals surface area contributed by atoms with Crippen molar-refractivity contribution in [3.63, 3.8) is 0 Å². The Hall–Kier alpha value is -3.54. The van der Waals surface area contributed by atoms with Crippen LogP contribution in [0, 0.1) is 6.92 Å². The number of anilines is 1. The molecule has 0 fully saturated rings. The number of methoxy groups -OCH3 is 1. The van der Waals surface area contributed by atoms with E-state index in [-0.39, 0.29) is 18.4 Å². The molecular weight excluding hydrogens is 368 g/mol. The quantitative estimate of drug-likeness (QED) is 0.605. The molecule has 2 aromatic carbocycles. The summed E-state index contributed by atoms with van der Waals surface area (Å²) in [5.74, 6) is 1.06. The van der Waals surface area contributed by atoms with Gasteiger partial charge in [-0.2, -0.15) is 0 Å². The first-order chi connectivity index (χ1) is 14.1. The predicted octanol–water partition coefficient (Wildman–Crippen LogP) is 4.10. The van der Waals surface area contributed by atoms with Crippen LogP contribution in [0.5, 0.6) is 5.75 Å². The molecule has 6 heteroatoms. The fourth-order valence-corrected chi connectivity index (χ4v) is 3.03. The van der Waals surface area contributed by atoms with Gasteiger partial charge in [0.25, 0.3) is 5.91 Å². The Morgan fingerprint density at radius 3 is 2.62 bits per heavy atom. The minimum absolute atomic E-state index is 0.148. The number of nitrogens with one attached hydrogen (secondary N) is 2. The van der Waals surface area contributed by atoms with E-state index in [1.54, 1.807) is 49.8 Å². The summed E-state index contributed by atoms with van der Waals surface area (Å²) in [6.45, 7) is 2.25. The van der Waals surface area contributed by atoms with Crippen LogP contribution in [-0.2, 0) is 17.8 Å². The van der Waals surface area contributed by atoms with E-state index in [0.717, 1.165) is 16.9 Å². The van der Waals surface area contributed by atoms with Crippen LogP contribution in [0.2, 0.25) is 0 Å². The molecule has 0 saturated carbocycles. The maximum atomic E-state index is 12.5. The van der Waals surface area contributed by atoms with E-state index >= 15 is 0 Å². The molecule has 3 rings (SSSR count). The molecule has 0 aliphatic heterocycles. The maximum Gasteiger partial charge on any atom is 0.253 e. The van der Waals surface area contributed by atoms with Gasteiger partial charge in [0.05, 0.1) is 31.2 Å². The highest BCUT2D eigenvalue weighted by molar-refractivity contribution is 6.03. The Labute approximate surface area is 169 Å². The van der Waals surface area contributed by atoms with Crippen LogP contribution < -0.4 is 15.4 Å². The summed E-state index contributed by atoms with van der Waals surface area (Å²) >= 11 is 0. The number of furan rings is 1. The SMILES string of the molecule is COc1ccc(CCC(=O)Nc2ccccc2C(=O)NCc2ccco2)cc1C. The van der Waals surface area contributed by atoms with Gasteiger partial charge in [-0.1, -0.05) is 24.3 Å². The molecule has 1 heterocycles. The highest BCUT2D eigenvalue weighted by Crippen LogP contribution is 2.20. The first-order valence-corrected chi connectivity index (χ1v) is 9.40. The average molecular weight is 392 g/mol. The Morgan fingerprint density at radius 1 is 1.07 bits per heavy atom. The predicted molar refractivity (Wildman–Crippen MR) is 111 cm³/mol. The molecular formula is C23H24N2O4. The van der Waals surface area contributed by atoms with Crippen LogP contribution >= 0.6 is 0 Å². The minimum atomic E-state index is -0.275.